The second kappa shape index (κ2) is 6.29. The van der Waals surface area contributed by atoms with Gasteiger partial charge < -0.3 is 9.72 Å². The average molecular weight is 391 g/mol. The van der Waals surface area contributed by atoms with E-state index >= 15 is 0 Å². The van der Waals surface area contributed by atoms with Crippen LogP contribution >= 0.6 is 27.3 Å². The van der Waals surface area contributed by atoms with Crippen LogP contribution in [-0.4, -0.2) is 17.1 Å². The highest BCUT2D eigenvalue weighted by molar-refractivity contribution is 9.10. The quantitative estimate of drug-likeness (QED) is 0.713. The van der Waals surface area contributed by atoms with Crippen LogP contribution in [0.3, 0.4) is 0 Å². The van der Waals surface area contributed by atoms with E-state index in [0.717, 1.165) is 31.1 Å². The van der Waals surface area contributed by atoms with Crippen molar-refractivity contribution in [3.8, 4) is 5.75 Å². The summed E-state index contributed by atoms with van der Waals surface area (Å²) in [5.74, 6) is 1.29. The monoisotopic (exact) mass is 390 g/mol. The van der Waals surface area contributed by atoms with Gasteiger partial charge in [-0.3, -0.25) is 4.79 Å². The van der Waals surface area contributed by atoms with Gasteiger partial charge in [0.15, 0.2) is 0 Å². The molecule has 0 atom stereocenters. The second-order valence-corrected chi connectivity index (χ2v) is 7.25. The molecule has 1 N–H and O–H groups in total. The first-order valence-electron chi connectivity index (χ1n) is 7.01. The molecular formula is C17H15BrN2O2S. The van der Waals surface area contributed by atoms with E-state index in [1.165, 1.54) is 0 Å². The minimum atomic E-state index is -0.0993. The van der Waals surface area contributed by atoms with Gasteiger partial charge in [0.1, 0.15) is 16.4 Å². The van der Waals surface area contributed by atoms with Crippen molar-refractivity contribution in [2.24, 2.45) is 0 Å². The minimum Gasteiger partial charge on any atom is -0.496 e. The molecular weight excluding hydrogens is 376 g/mol. The van der Waals surface area contributed by atoms with Crippen molar-refractivity contribution in [2.75, 3.05) is 7.11 Å². The first kappa shape index (κ1) is 16.0. The van der Waals surface area contributed by atoms with Crippen molar-refractivity contribution in [1.29, 1.82) is 0 Å². The van der Waals surface area contributed by atoms with Crippen LogP contribution in [0, 0.1) is 13.8 Å². The number of ether oxygens (including phenoxy) is 1. The van der Waals surface area contributed by atoms with E-state index in [1.807, 2.05) is 38.1 Å². The third-order valence-electron chi connectivity index (χ3n) is 3.67. The molecule has 3 aromatic rings. The minimum absolute atomic E-state index is 0.0993. The lowest BCUT2D eigenvalue weighted by Gasteiger charge is -2.04. The number of aryl methyl sites for hydroxylation is 2. The van der Waals surface area contributed by atoms with Gasteiger partial charge in [-0.15, -0.1) is 11.3 Å². The third kappa shape index (κ3) is 3.09. The number of aromatic amines is 1. The lowest BCUT2D eigenvalue weighted by molar-refractivity contribution is 0.414. The second-order valence-electron chi connectivity index (χ2n) is 5.13. The molecule has 6 heteroatoms. The van der Waals surface area contributed by atoms with Gasteiger partial charge in [0.2, 0.25) is 0 Å². The van der Waals surface area contributed by atoms with Crippen LogP contribution in [0.1, 0.15) is 21.8 Å². The van der Waals surface area contributed by atoms with Gasteiger partial charge in [-0.25, -0.2) is 4.98 Å². The Balaban J connectivity index is 2.05. The molecule has 0 amide bonds. The maximum atomic E-state index is 12.3. The first-order valence-corrected chi connectivity index (χ1v) is 8.62. The number of fused-ring (bicyclic) bond motifs is 1. The SMILES string of the molecule is COc1ccc(Br)cc1C=Cc1nc2sc(C)c(C)c2c(=O)[nH]1. The molecule has 0 saturated heterocycles. The number of H-pyrrole nitrogens is 1. The molecule has 2 aromatic heterocycles. The molecule has 2 heterocycles. The van der Waals surface area contributed by atoms with Gasteiger partial charge in [0, 0.05) is 14.9 Å². The molecule has 0 saturated carbocycles. The molecule has 0 bridgehead atoms. The highest BCUT2D eigenvalue weighted by Gasteiger charge is 2.10. The Bertz CT molecular complexity index is 973. The Hall–Kier alpha value is -1.92. The summed E-state index contributed by atoms with van der Waals surface area (Å²) in [5, 5.41) is 0.685. The van der Waals surface area contributed by atoms with E-state index in [4.69, 9.17) is 4.74 Å². The molecule has 4 nitrogen and oxygen atoms in total. The predicted molar refractivity (Wildman–Crippen MR) is 99.3 cm³/mol. The van der Waals surface area contributed by atoms with Crippen LogP contribution in [0.25, 0.3) is 22.4 Å². The number of halogens is 1. The van der Waals surface area contributed by atoms with Gasteiger partial charge in [-0.1, -0.05) is 15.9 Å². The number of hydrogen-bond donors (Lipinski definition) is 1. The maximum Gasteiger partial charge on any atom is 0.260 e. The van der Waals surface area contributed by atoms with E-state index in [9.17, 15) is 4.79 Å². The summed E-state index contributed by atoms with van der Waals surface area (Å²) < 4.78 is 6.30. The van der Waals surface area contributed by atoms with Gasteiger partial charge >= 0.3 is 0 Å². The van der Waals surface area contributed by atoms with E-state index in [-0.39, 0.29) is 5.56 Å². The average Bonchev–Trinajstić information content (AvgIpc) is 2.80. The molecule has 0 fully saturated rings. The summed E-state index contributed by atoms with van der Waals surface area (Å²) in [5.41, 5.74) is 1.81. The predicted octanol–water partition coefficient (Wildman–Crippen LogP) is 4.54. The molecule has 118 valence electrons. The summed E-state index contributed by atoms with van der Waals surface area (Å²) in [6.07, 6.45) is 3.66. The van der Waals surface area contributed by atoms with E-state index in [2.05, 4.69) is 25.9 Å². The zero-order valence-corrected chi connectivity index (χ0v) is 15.3. The lowest BCUT2D eigenvalue weighted by atomic mass is 10.2. The van der Waals surface area contributed by atoms with Crippen molar-refractivity contribution in [2.45, 2.75) is 13.8 Å². The molecule has 0 spiro atoms. The Kier molecular flexibility index (Phi) is 4.37. The largest absolute Gasteiger partial charge is 0.496 e. The summed E-state index contributed by atoms with van der Waals surface area (Å²) in [6.45, 7) is 3.95. The number of thiophene rings is 1. The Morgan fingerprint density at radius 2 is 2.09 bits per heavy atom. The van der Waals surface area contributed by atoms with Crippen molar-refractivity contribution in [1.82, 2.24) is 9.97 Å². The lowest BCUT2D eigenvalue weighted by Crippen LogP contribution is -2.09. The molecule has 0 aliphatic rings. The van der Waals surface area contributed by atoms with Crippen LogP contribution in [0.15, 0.2) is 27.5 Å². The number of hydrogen-bond acceptors (Lipinski definition) is 4. The highest BCUT2D eigenvalue weighted by Crippen LogP contribution is 2.27. The fraction of sp³-hybridized carbons (Fsp3) is 0.176. The van der Waals surface area contributed by atoms with E-state index < -0.39 is 0 Å². The maximum absolute atomic E-state index is 12.3. The Morgan fingerprint density at radius 1 is 1.30 bits per heavy atom. The van der Waals surface area contributed by atoms with Gasteiger partial charge in [-0.2, -0.15) is 0 Å². The summed E-state index contributed by atoms with van der Waals surface area (Å²) in [7, 11) is 1.63. The number of rotatable bonds is 3. The van der Waals surface area contributed by atoms with Crippen LogP contribution in [0.4, 0.5) is 0 Å². The molecule has 0 unspecified atom stereocenters. The number of nitrogens with one attached hydrogen (secondary N) is 1. The van der Waals surface area contributed by atoms with Crippen LogP contribution in [0.2, 0.25) is 0 Å². The molecule has 0 aliphatic carbocycles. The van der Waals surface area contributed by atoms with Crippen molar-refractivity contribution in [3.63, 3.8) is 0 Å². The molecule has 1 aromatic carbocycles. The van der Waals surface area contributed by atoms with Crippen LogP contribution in [0.5, 0.6) is 5.75 Å². The van der Waals surface area contributed by atoms with Gasteiger partial charge in [0.25, 0.3) is 5.56 Å². The smallest absolute Gasteiger partial charge is 0.260 e. The number of methoxy groups -OCH3 is 1. The third-order valence-corrected chi connectivity index (χ3v) is 5.26. The van der Waals surface area contributed by atoms with Crippen LogP contribution < -0.4 is 10.3 Å². The molecule has 3 rings (SSSR count). The molecule has 23 heavy (non-hydrogen) atoms. The summed E-state index contributed by atoms with van der Waals surface area (Å²) in [6, 6.07) is 5.75. The fourth-order valence-corrected chi connectivity index (χ4v) is 3.77. The zero-order chi connectivity index (χ0) is 16.6. The normalized spacial score (nSPS) is 11.5. The summed E-state index contributed by atoms with van der Waals surface area (Å²) in [4.78, 5) is 21.5. The first-order chi connectivity index (χ1) is 11.0. The highest BCUT2D eigenvalue weighted by atomic mass is 79.9. The van der Waals surface area contributed by atoms with Gasteiger partial charge in [0.05, 0.1) is 12.5 Å². The standard InChI is InChI=1S/C17H15BrN2O2S/c1-9-10(2)23-17-15(9)16(21)19-14(20-17)7-4-11-8-12(18)5-6-13(11)22-3/h4-8H,1-3H3,(H,19,20,21). The zero-order valence-electron chi connectivity index (χ0n) is 12.9. The van der Waals surface area contributed by atoms with Crippen LogP contribution in [-0.2, 0) is 0 Å². The van der Waals surface area contributed by atoms with E-state index in [0.29, 0.717) is 11.2 Å². The number of nitrogens with zero attached hydrogens (tertiary/aromatic N) is 1. The topological polar surface area (TPSA) is 55.0 Å². The van der Waals surface area contributed by atoms with Gasteiger partial charge in [-0.05, 0) is 49.8 Å². The molecule has 0 radical (unpaired) electrons. The summed E-state index contributed by atoms with van der Waals surface area (Å²) >= 11 is 4.99. The number of benzene rings is 1. The van der Waals surface area contributed by atoms with Crippen molar-refractivity contribution in [3.05, 3.63) is 54.9 Å². The molecule has 0 aliphatic heterocycles. The number of aromatic nitrogens is 2. The van der Waals surface area contributed by atoms with E-state index in [1.54, 1.807) is 24.5 Å². The van der Waals surface area contributed by atoms with Crippen molar-refractivity contribution < 1.29 is 4.74 Å². The fourth-order valence-electron chi connectivity index (χ4n) is 2.35. The Labute approximate surface area is 146 Å². The van der Waals surface area contributed by atoms with Crippen molar-refractivity contribution >= 4 is 49.6 Å². The Morgan fingerprint density at radius 3 is 2.83 bits per heavy atom.